The molecule has 21 heavy (non-hydrogen) atoms. The molecule has 0 bridgehead atoms. The zero-order chi connectivity index (χ0) is 14.8. The fourth-order valence-electron chi connectivity index (χ4n) is 2.10. The SMILES string of the molecule is CC(C)c1nc(CN(C)Cc2ccc3nsnc3c2)no1. The van der Waals surface area contributed by atoms with Crippen molar-refractivity contribution in [2.24, 2.45) is 0 Å². The Morgan fingerprint density at radius 1 is 1.19 bits per heavy atom. The van der Waals surface area contributed by atoms with E-state index in [9.17, 15) is 0 Å². The topological polar surface area (TPSA) is 67.9 Å². The van der Waals surface area contributed by atoms with Crippen molar-refractivity contribution in [3.63, 3.8) is 0 Å². The fourth-order valence-corrected chi connectivity index (χ4v) is 2.62. The summed E-state index contributed by atoms with van der Waals surface area (Å²) in [7, 11) is 2.04. The zero-order valence-corrected chi connectivity index (χ0v) is 13.1. The van der Waals surface area contributed by atoms with Crippen molar-refractivity contribution in [1.82, 2.24) is 23.8 Å². The molecular formula is C14H17N5OS. The molecule has 0 atom stereocenters. The summed E-state index contributed by atoms with van der Waals surface area (Å²) in [6.45, 7) is 5.54. The third-order valence-electron chi connectivity index (χ3n) is 3.16. The van der Waals surface area contributed by atoms with Crippen molar-refractivity contribution in [2.45, 2.75) is 32.9 Å². The Kier molecular flexibility index (Phi) is 3.94. The third kappa shape index (κ3) is 3.25. The quantitative estimate of drug-likeness (QED) is 0.722. The van der Waals surface area contributed by atoms with E-state index in [0.29, 0.717) is 12.4 Å². The minimum Gasteiger partial charge on any atom is -0.339 e. The van der Waals surface area contributed by atoms with Crippen LogP contribution in [0.15, 0.2) is 22.7 Å². The molecule has 7 heteroatoms. The molecule has 0 aliphatic rings. The molecule has 0 fully saturated rings. The van der Waals surface area contributed by atoms with Crippen molar-refractivity contribution in [1.29, 1.82) is 0 Å². The summed E-state index contributed by atoms with van der Waals surface area (Å²) in [5.74, 6) is 1.67. The summed E-state index contributed by atoms with van der Waals surface area (Å²) < 4.78 is 13.7. The van der Waals surface area contributed by atoms with Crippen molar-refractivity contribution < 1.29 is 4.52 Å². The van der Waals surface area contributed by atoms with Gasteiger partial charge in [-0.2, -0.15) is 13.7 Å². The molecule has 0 radical (unpaired) electrons. The normalized spacial score (nSPS) is 11.9. The van der Waals surface area contributed by atoms with E-state index in [2.05, 4.69) is 35.9 Å². The van der Waals surface area contributed by atoms with E-state index in [-0.39, 0.29) is 5.92 Å². The van der Waals surface area contributed by atoms with Gasteiger partial charge in [-0.1, -0.05) is 25.1 Å². The molecule has 0 spiro atoms. The second kappa shape index (κ2) is 5.87. The molecule has 0 amide bonds. The summed E-state index contributed by atoms with van der Waals surface area (Å²) >= 11 is 1.24. The molecular weight excluding hydrogens is 286 g/mol. The van der Waals surface area contributed by atoms with Crippen molar-refractivity contribution in [2.75, 3.05) is 7.05 Å². The molecule has 0 saturated heterocycles. The number of fused-ring (bicyclic) bond motifs is 1. The number of benzene rings is 1. The van der Waals surface area contributed by atoms with Gasteiger partial charge in [-0.05, 0) is 24.7 Å². The first-order valence-electron chi connectivity index (χ1n) is 6.84. The Morgan fingerprint density at radius 2 is 2.00 bits per heavy atom. The van der Waals surface area contributed by atoms with Gasteiger partial charge >= 0.3 is 0 Å². The summed E-state index contributed by atoms with van der Waals surface area (Å²) in [5.41, 5.74) is 3.10. The largest absolute Gasteiger partial charge is 0.339 e. The smallest absolute Gasteiger partial charge is 0.229 e. The lowest BCUT2D eigenvalue weighted by Gasteiger charge is -2.14. The van der Waals surface area contributed by atoms with Crippen molar-refractivity contribution in [3.8, 4) is 0 Å². The van der Waals surface area contributed by atoms with E-state index < -0.39 is 0 Å². The van der Waals surface area contributed by atoms with Crippen LogP contribution >= 0.6 is 11.7 Å². The predicted octanol–water partition coefficient (Wildman–Crippen LogP) is 2.83. The van der Waals surface area contributed by atoms with E-state index >= 15 is 0 Å². The molecule has 0 N–H and O–H groups in total. The van der Waals surface area contributed by atoms with Crippen LogP contribution in [0.3, 0.4) is 0 Å². The maximum Gasteiger partial charge on any atom is 0.229 e. The van der Waals surface area contributed by atoms with Gasteiger partial charge < -0.3 is 4.52 Å². The first-order chi connectivity index (χ1) is 10.1. The Morgan fingerprint density at radius 3 is 2.76 bits per heavy atom. The first kappa shape index (κ1) is 14.1. The van der Waals surface area contributed by atoms with Gasteiger partial charge in [0.25, 0.3) is 0 Å². The van der Waals surface area contributed by atoms with E-state index in [4.69, 9.17) is 4.52 Å². The van der Waals surface area contributed by atoms with Gasteiger partial charge in [0, 0.05) is 12.5 Å². The highest BCUT2D eigenvalue weighted by Gasteiger charge is 2.12. The average Bonchev–Trinajstić information content (AvgIpc) is 3.06. The van der Waals surface area contributed by atoms with E-state index in [1.165, 1.54) is 17.3 Å². The van der Waals surface area contributed by atoms with Crippen LogP contribution in [0.25, 0.3) is 11.0 Å². The fraction of sp³-hybridized carbons (Fsp3) is 0.429. The van der Waals surface area contributed by atoms with E-state index in [1.807, 2.05) is 27.0 Å². The second-order valence-corrected chi connectivity index (χ2v) is 5.99. The molecule has 0 aliphatic carbocycles. The molecule has 1 aromatic carbocycles. The maximum absolute atomic E-state index is 5.22. The lowest BCUT2D eigenvalue weighted by Crippen LogP contribution is -2.18. The minimum absolute atomic E-state index is 0.260. The number of hydrogen-bond acceptors (Lipinski definition) is 7. The minimum atomic E-state index is 0.260. The third-order valence-corrected chi connectivity index (χ3v) is 3.72. The van der Waals surface area contributed by atoms with Gasteiger partial charge in [0.05, 0.1) is 18.3 Å². The van der Waals surface area contributed by atoms with E-state index in [0.717, 1.165) is 23.4 Å². The van der Waals surface area contributed by atoms with Gasteiger partial charge in [-0.15, -0.1) is 0 Å². The molecule has 6 nitrogen and oxygen atoms in total. The van der Waals surface area contributed by atoms with Crippen LogP contribution in [0.1, 0.15) is 37.0 Å². The van der Waals surface area contributed by atoms with Gasteiger partial charge in [0.2, 0.25) is 5.89 Å². The number of aromatic nitrogens is 4. The summed E-state index contributed by atoms with van der Waals surface area (Å²) in [6.07, 6.45) is 0. The number of nitrogens with zero attached hydrogens (tertiary/aromatic N) is 5. The summed E-state index contributed by atoms with van der Waals surface area (Å²) in [6, 6.07) is 6.16. The van der Waals surface area contributed by atoms with Crippen LogP contribution in [0.4, 0.5) is 0 Å². The highest BCUT2D eigenvalue weighted by Crippen LogP contribution is 2.16. The first-order valence-corrected chi connectivity index (χ1v) is 7.57. The molecule has 0 aliphatic heterocycles. The van der Waals surface area contributed by atoms with Gasteiger partial charge in [-0.3, -0.25) is 4.90 Å². The van der Waals surface area contributed by atoms with Crippen LogP contribution in [0.5, 0.6) is 0 Å². The lowest BCUT2D eigenvalue weighted by atomic mass is 10.2. The standard InChI is InChI=1S/C14H17N5OS/c1-9(2)14-15-13(16-20-14)8-19(3)7-10-4-5-11-12(6-10)18-21-17-11/h4-6,9H,7-8H2,1-3H3. The second-order valence-electron chi connectivity index (χ2n) is 5.46. The molecule has 3 rings (SSSR count). The number of hydrogen-bond donors (Lipinski definition) is 0. The molecule has 2 aromatic heterocycles. The maximum atomic E-state index is 5.22. The molecule has 0 saturated carbocycles. The molecule has 3 aromatic rings. The summed E-state index contributed by atoms with van der Waals surface area (Å²) in [5, 5.41) is 4.01. The summed E-state index contributed by atoms with van der Waals surface area (Å²) in [4.78, 5) is 6.54. The lowest BCUT2D eigenvalue weighted by molar-refractivity contribution is 0.299. The number of rotatable bonds is 5. The zero-order valence-electron chi connectivity index (χ0n) is 12.3. The van der Waals surface area contributed by atoms with Gasteiger partial charge in [0.15, 0.2) is 5.82 Å². The molecule has 110 valence electrons. The Balaban J connectivity index is 1.66. The van der Waals surface area contributed by atoms with Crippen LogP contribution in [-0.4, -0.2) is 30.8 Å². The monoisotopic (exact) mass is 303 g/mol. The van der Waals surface area contributed by atoms with E-state index in [1.54, 1.807) is 0 Å². The molecule has 0 unspecified atom stereocenters. The van der Waals surface area contributed by atoms with Gasteiger partial charge in [-0.25, -0.2) is 0 Å². The van der Waals surface area contributed by atoms with Crippen molar-refractivity contribution in [3.05, 3.63) is 35.5 Å². The Bertz CT molecular complexity index is 736. The average molecular weight is 303 g/mol. The Labute approximate surface area is 127 Å². The van der Waals surface area contributed by atoms with Crippen LogP contribution in [-0.2, 0) is 13.1 Å². The highest BCUT2D eigenvalue weighted by atomic mass is 32.1. The predicted molar refractivity (Wildman–Crippen MR) is 81.0 cm³/mol. The van der Waals surface area contributed by atoms with Crippen LogP contribution in [0, 0.1) is 0 Å². The highest BCUT2D eigenvalue weighted by molar-refractivity contribution is 7.00. The van der Waals surface area contributed by atoms with Crippen molar-refractivity contribution >= 4 is 22.8 Å². The Hall–Kier alpha value is -1.86. The van der Waals surface area contributed by atoms with Crippen LogP contribution < -0.4 is 0 Å². The molecule has 2 heterocycles. The van der Waals surface area contributed by atoms with Crippen LogP contribution in [0.2, 0.25) is 0 Å². The van der Waals surface area contributed by atoms with Gasteiger partial charge in [0.1, 0.15) is 11.0 Å².